The maximum absolute atomic E-state index is 3.40. The highest BCUT2D eigenvalue weighted by atomic mass is 79.9. The van der Waals surface area contributed by atoms with Crippen molar-refractivity contribution in [3.8, 4) is 0 Å². The van der Waals surface area contributed by atoms with Crippen LogP contribution in [0.2, 0.25) is 0 Å². The van der Waals surface area contributed by atoms with Gasteiger partial charge < -0.3 is 5.32 Å². The standard InChI is InChI=1S/C10H14BrN/c1-9(12-8-7-11)10-5-3-2-4-6-10/h2-6,9,12H,7-8H2,1H3. The van der Waals surface area contributed by atoms with Crippen LogP contribution in [0.15, 0.2) is 30.3 Å². The fourth-order valence-corrected chi connectivity index (χ4v) is 1.36. The van der Waals surface area contributed by atoms with Crippen LogP contribution in [0.3, 0.4) is 0 Å². The molecular weight excluding hydrogens is 214 g/mol. The number of rotatable bonds is 4. The molecule has 0 saturated carbocycles. The van der Waals surface area contributed by atoms with Crippen molar-refractivity contribution in [1.82, 2.24) is 5.32 Å². The lowest BCUT2D eigenvalue weighted by molar-refractivity contribution is 0.602. The van der Waals surface area contributed by atoms with Gasteiger partial charge in [-0.15, -0.1) is 0 Å². The second kappa shape index (κ2) is 5.33. The molecule has 0 aromatic heterocycles. The highest BCUT2D eigenvalue weighted by molar-refractivity contribution is 9.09. The summed E-state index contributed by atoms with van der Waals surface area (Å²) in [6.07, 6.45) is 0. The molecule has 1 atom stereocenters. The Kier molecular flexibility index (Phi) is 4.33. The summed E-state index contributed by atoms with van der Waals surface area (Å²) in [5.41, 5.74) is 1.35. The Morgan fingerprint density at radius 3 is 2.58 bits per heavy atom. The van der Waals surface area contributed by atoms with Crippen molar-refractivity contribution in [2.75, 3.05) is 11.9 Å². The van der Waals surface area contributed by atoms with Crippen molar-refractivity contribution in [3.05, 3.63) is 35.9 Å². The van der Waals surface area contributed by atoms with Gasteiger partial charge in [0.15, 0.2) is 0 Å². The Hall–Kier alpha value is -0.340. The summed E-state index contributed by atoms with van der Waals surface area (Å²) >= 11 is 3.39. The molecule has 0 bridgehead atoms. The average molecular weight is 228 g/mol. The number of hydrogen-bond donors (Lipinski definition) is 1. The zero-order valence-electron chi connectivity index (χ0n) is 7.26. The topological polar surface area (TPSA) is 12.0 Å². The molecule has 1 nitrogen and oxygen atoms in total. The fraction of sp³-hybridized carbons (Fsp3) is 0.400. The zero-order valence-corrected chi connectivity index (χ0v) is 8.84. The van der Waals surface area contributed by atoms with Crippen LogP contribution in [0.4, 0.5) is 0 Å². The van der Waals surface area contributed by atoms with E-state index in [1.165, 1.54) is 5.56 Å². The van der Waals surface area contributed by atoms with E-state index in [2.05, 4.69) is 52.4 Å². The number of hydrogen-bond acceptors (Lipinski definition) is 1. The highest BCUT2D eigenvalue weighted by Crippen LogP contribution is 2.10. The number of benzene rings is 1. The molecule has 0 spiro atoms. The molecule has 0 aliphatic heterocycles. The van der Waals surface area contributed by atoms with E-state index in [1.807, 2.05) is 6.07 Å². The van der Waals surface area contributed by atoms with Crippen LogP contribution in [0, 0.1) is 0 Å². The third kappa shape index (κ3) is 2.95. The van der Waals surface area contributed by atoms with E-state index < -0.39 is 0 Å². The maximum atomic E-state index is 3.40. The summed E-state index contributed by atoms with van der Waals surface area (Å²) in [5.74, 6) is 0. The number of nitrogens with one attached hydrogen (secondary N) is 1. The molecule has 0 aliphatic carbocycles. The molecule has 0 amide bonds. The Labute approximate surface area is 82.3 Å². The fourth-order valence-electron chi connectivity index (χ4n) is 1.13. The van der Waals surface area contributed by atoms with Crippen LogP contribution in [-0.4, -0.2) is 11.9 Å². The van der Waals surface area contributed by atoms with Gasteiger partial charge in [-0.2, -0.15) is 0 Å². The van der Waals surface area contributed by atoms with E-state index in [0.717, 1.165) is 11.9 Å². The Morgan fingerprint density at radius 1 is 1.33 bits per heavy atom. The lowest BCUT2D eigenvalue weighted by Crippen LogP contribution is -2.20. The van der Waals surface area contributed by atoms with Gasteiger partial charge in [0.2, 0.25) is 0 Å². The summed E-state index contributed by atoms with van der Waals surface area (Å²) in [5, 5.41) is 4.41. The van der Waals surface area contributed by atoms with Gasteiger partial charge in [0.05, 0.1) is 0 Å². The van der Waals surface area contributed by atoms with Crippen molar-refractivity contribution in [1.29, 1.82) is 0 Å². The van der Waals surface area contributed by atoms with E-state index in [0.29, 0.717) is 6.04 Å². The van der Waals surface area contributed by atoms with Crippen LogP contribution in [0.5, 0.6) is 0 Å². The highest BCUT2D eigenvalue weighted by Gasteiger charge is 2.01. The first kappa shape index (κ1) is 9.75. The summed E-state index contributed by atoms with van der Waals surface area (Å²) in [4.78, 5) is 0. The number of halogens is 1. The molecule has 1 aromatic rings. The monoisotopic (exact) mass is 227 g/mol. The number of alkyl halides is 1. The third-order valence-corrected chi connectivity index (χ3v) is 2.24. The first-order valence-electron chi connectivity index (χ1n) is 4.19. The lowest BCUT2D eigenvalue weighted by atomic mass is 10.1. The Balaban J connectivity index is 2.48. The van der Waals surface area contributed by atoms with Gasteiger partial charge in [0.1, 0.15) is 0 Å². The Morgan fingerprint density at radius 2 is 2.00 bits per heavy atom. The predicted octanol–water partition coefficient (Wildman–Crippen LogP) is 2.73. The van der Waals surface area contributed by atoms with E-state index in [4.69, 9.17) is 0 Å². The molecule has 2 heteroatoms. The van der Waals surface area contributed by atoms with Crippen molar-refractivity contribution in [2.24, 2.45) is 0 Å². The quantitative estimate of drug-likeness (QED) is 0.781. The van der Waals surface area contributed by atoms with E-state index in [9.17, 15) is 0 Å². The Bertz CT molecular complexity index is 210. The minimum absolute atomic E-state index is 0.448. The first-order valence-corrected chi connectivity index (χ1v) is 5.31. The van der Waals surface area contributed by atoms with E-state index in [-0.39, 0.29) is 0 Å². The largest absolute Gasteiger partial charge is 0.309 e. The summed E-state index contributed by atoms with van der Waals surface area (Å²) < 4.78 is 0. The second-order valence-corrected chi connectivity index (χ2v) is 3.57. The van der Waals surface area contributed by atoms with Gasteiger partial charge in [0, 0.05) is 17.9 Å². The van der Waals surface area contributed by atoms with Gasteiger partial charge in [-0.05, 0) is 12.5 Å². The second-order valence-electron chi connectivity index (χ2n) is 2.78. The lowest BCUT2D eigenvalue weighted by Gasteiger charge is -2.12. The molecule has 0 heterocycles. The van der Waals surface area contributed by atoms with Crippen LogP contribution in [0.25, 0.3) is 0 Å². The van der Waals surface area contributed by atoms with Crippen molar-refractivity contribution >= 4 is 15.9 Å². The molecule has 0 radical (unpaired) electrons. The molecule has 0 saturated heterocycles. The molecule has 1 unspecified atom stereocenters. The average Bonchev–Trinajstić information content (AvgIpc) is 2.15. The molecule has 1 N–H and O–H groups in total. The van der Waals surface area contributed by atoms with E-state index in [1.54, 1.807) is 0 Å². The zero-order chi connectivity index (χ0) is 8.81. The molecular formula is C10H14BrN. The predicted molar refractivity (Wildman–Crippen MR) is 56.7 cm³/mol. The van der Waals surface area contributed by atoms with Gasteiger partial charge in [-0.25, -0.2) is 0 Å². The van der Waals surface area contributed by atoms with E-state index >= 15 is 0 Å². The molecule has 1 aromatic carbocycles. The van der Waals surface area contributed by atoms with Gasteiger partial charge in [0.25, 0.3) is 0 Å². The summed E-state index contributed by atoms with van der Waals surface area (Å²) in [7, 11) is 0. The van der Waals surface area contributed by atoms with Crippen LogP contribution in [-0.2, 0) is 0 Å². The SMILES string of the molecule is CC(NCCBr)c1ccccc1. The van der Waals surface area contributed by atoms with Crippen molar-refractivity contribution in [3.63, 3.8) is 0 Å². The summed E-state index contributed by atoms with van der Waals surface area (Å²) in [6, 6.07) is 10.9. The molecule has 0 fully saturated rings. The first-order chi connectivity index (χ1) is 5.84. The molecule has 0 aliphatic rings. The van der Waals surface area contributed by atoms with Crippen LogP contribution < -0.4 is 5.32 Å². The third-order valence-electron chi connectivity index (χ3n) is 1.84. The smallest absolute Gasteiger partial charge is 0.0292 e. The van der Waals surface area contributed by atoms with Gasteiger partial charge in [-0.3, -0.25) is 0 Å². The minimum atomic E-state index is 0.448. The maximum Gasteiger partial charge on any atom is 0.0292 e. The minimum Gasteiger partial charge on any atom is -0.309 e. The molecule has 1 rings (SSSR count). The molecule has 66 valence electrons. The molecule has 12 heavy (non-hydrogen) atoms. The van der Waals surface area contributed by atoms with Gasteiger partial charge >= 0.3 is 0 Å². The van der Waals surface area contributed by atoms with Crippen molar-refractivity contribution < 1.29 is 0 Å². The normalized spacial score (nSPS) is 12.8. The van der Waals surface area contributed by atoms with Gasteiger partial charge in [-0.1, -0.05) is 46.3 Å². The van der Waals surface area contributed by atoms with Crippen LogP contribution in [0.1, 0.15) is 18.5 Å². The summed E-state index contributed by atoms with van der Waals surface area (Å²) in [6.45, 7) is 3.19. The van der Waals surface area contributed by atoms with Crippen molar-refractivity contribution in [2.45, 2.75) is 13.0 Å². The van der Waals surface area contributed by atoms with Crippen LogP contribution >= 0.6 is 15.9 Å².